The molecule has 2 aromatic rings. The normalized spacial score (nSPS) is 15.9. The third-order valence-corrected chi connectivity index (χ3v) is 4.32. The Morgan fingerprint density at radius 1 is 1.19 bits per heavy atom. The molecule has 138 valence electrons. The van der Waals surface area contributed by atoms with E-state index in [0.717, 1.165) is 31.2 Å². The molecule has 1 saturated carbocycles. The van der Waals surface area contributed by atoms with Gasteiger partial charge in [0.05, 0.1) is 0 Å². The molecule has 3 amide bonds. The fourth-order valence-electron chi connectivity index (χ4n) is 2.91. The number of nitrogens with zero attached hydrogens (tertiary/aromatic N) is 2. The van der Waals surface area contributed by atoms with Gasteiger partial charge in [-0.2, -0.15) is 0 Å². The fraction of sp³-hybridized carbons (Fsp3) is 0.444. The van der Waals surface area contributed by atoms with Crippen molar-refractivity contribution in [3.05, 3.63) is 30.7 Å². The Bertz CT molecular complexity index is 724. The first-order chi connectivity index (χ1) is 12.6. The molecule has 2 N–H and O–H groups in total. The Morgan fingerprint density at radius 3 is 2.58 bits per heavy atom. The summed E-state index contributed by atoms with van der Waals surface area (Å²) in [5, 5.41) is 12.6. The van der Waals surface area contributed by atoms with E-state index in [-0.39, 0.29) is 6.04 Å². The minimum absolute atomic E-state index is 0.144. The van der Waals surface area contributed by atoms with Crippen molar-refractivity contribution >= 4 is 11.9 Å². The number of aromatic nitrogens is 2. The second-order valence-corrected chi connectivity index (χ2v) is 6.33. The summed E-state index contributed by atoms with van der Waals surface area (Å²) in [6.45, 7) is 1.59. The molecule has 1 aromatic carbocycles. The highest BCUT2D eigenvalue weighted by molar-refractivity contribution is 5.96. The minimum atomic E-state index is -0.804. The van der Waals surface area contributed by atoms with Crippen molar-refractivity contribution in [1.29, 1.82) is 0 Å². The lowest BCUT2D eigenvalue weighted by Crippen LogP contribution is -2.48. The Morgan fingerprint density at radius 2 is 1.92 bits per heavy atom. The average Bonchev–Trinajstić information content (AvgIpc) is 3.17. The summed E-state index contributed by atoms with van der Waals surface area (Å²) in [7, 11) is 0. The number of rotatable bonds is 5. The first-order valence-corrected chi connectivity index (χ1v) is 8.76. The molecule has 1 aromatic heterocycles. The van der Waals surface area contributed by atoms with Gasteiger partial charge in [-0.1, -0.05) is 19.3 Å². The number of carbonyl (C=O) groups is 2. The van der Waals surface area contributed by atoms with Crippen LogP contribution in [-0.4, -0.2) is 34.3 Å². The van der Waals surface area contributed by atoms with Crippen LogP contribution in [0.5, 0.6) is 5.75 Å². The van der Waals surface area contributed by atoms with Gasteiger partial charge in [0.15, 0.2) is 6.10 Å². The van der Waals surface area contributed by atoms with Crippen molar-refractivity contribution in [2.45, 2.75) is 51.2 Å². The summed E-state index contributed by atoms with van der Waals surface area (Å²) >= 11 is 0. The summed E-state index contributed by atoms with van der Waals surface area (Å²) in [5.74, 6) is 0.421. The van der Waals surface area contributed by atoms with E-state index in [1.165, 1.54) is 12.8 Å². The molecule has 8 heteroatoms. The van der Waals surface area contributed by atoms with Crippen LogP contribution >= 0.6 is 0 Å². The molecule has 1 aliphatic rings. The van der Waals surface area contributed by atoms with Crippen molar-refractivity contribution in [2.24, 2.45) is 0 Å². The van der Waals surface area contributed by atoms with Crippen LogP contribution in [0.4, 0.5) is 4.79 Å². The summed E-state index contributed by atoms with van der Waals surface area (Å²) < 4.78 is 10.7. The van der Waals surface area contributed by atoms with Gasteiger partial charge in [0.2, 0.25) is 12.3 Å². The lowest BCUT2D eigenvalue weighted by atomic mass is 9.96. The standard InChI is InChI=1S/C18H22N4O4/c1-12(16(23)21-18(24)20-14-5-3-2-4-6-14)26-15-9-7-13(8-10-15)17-22-19-11-25-17/h7-12,14H,2-6H2,1H3,(H2,20,21,23,24)/t12-/m1/s1. The number of urea groups is 1. The number of carbonyl (C=O) groups excluding carboxylic acids is 2. The van der Waals surface area contributed by atoms with E-state index in [9.17, 15) is 9.59 Å². The summed E-state index contributed by atoms with van der Waals surface area (Å²) in [6, 6.07) is 6.58. The smallest absolute Gasteiger partial charge is 0.321 e. The van der Waals surface area contributed by atoms with Crippen LogP contribution in [0, 0.1) is 0 Å². The number of benzene rings is 1. The van der Waals surface area contributed by atoms with Gasteiger partial charge >= 0.3 is 6.03 Å². The number of nitrogens with one attached hydrogen (secondary N) is 2. The van der Waals surface area contributed by atoms with Crippen LogP contribution < -0.4 is 15.4 Å². The molecule has 8 nitrogen and oxygen atoms in total. The largest absolute Gasteiger partial charge is 0.481 e. The van der Waals surface area contributed by atoms with Crippen molar-refractivity contribution in [2.75, 3.05) is 0 Å². The van der Waals surface area contributed by atoms with E-state index < -0.39 is 18.0 Å². The second-order valence-electron chi connectivity index (χ2n) is 6.33. The molecule has 0 bridgehead atoms. The number of amides is 3. The van der Waals surface area contributed by atoms with Crippen molar-refractivity contribution in [3.8, 4) is 17.2 Å². The Kier molecular flexibility index (Phi) is 5.83. The van der Waals surface area contributed by atoms with E-state index in [4.69, 9.17) is 9.15 Å². The molecule has 1 atom stereocenters. The van der Waals surface area contributed by atoms with E-state index in [1.54, 1.807) is 31.2 Å². The monoisotopic (exact) mass is 358 g/mol. The third-order valence-electron chi connectivity index (χ3n) is 4.32. The predicted molar refractivity (Wildman–Crippen MR) is 93.4 cm³/mol. The van der Waals surface area contributed by atoms with Crippen LogP contribution in [0.15, 0.2) is 35.1 Å². The number of hydrogen-bond acceptors (Lipinski definition) is 6. The fourth-order valence-corrected chi connectivity index (χ4v) is 2.91. The number of imide groups is 1. The van der Waals surface area contributed by atoms with E-state index in [0.29, 0.717) is 11.6 Å². The Balaban J connectivity index is 1.48. The SMILES string of the molecule is C[C@@H](Oc1ccc(-c2nnco2)cc1)C(=O)NC(=O)NC1CCCCC1. The van der Waals surface area contributed by atoms with Crippen LogP contribution in [0.2, 0.25) is 0 Å². The number of ether oxygens (including phenoxy) is 1. The van der Waals surface area contributed by atoms with E-state index >= 15 is 0 Å². The highest BCUT2D eigenvalue weighted by atomic mass is 16.5. The molecule has 0 aliphatic heterocycles. The third kappa shape index (κ3) is 4.81. The van der Waals surface area contributed by atoms with Gasteiger partial charge in [0.1, 0.15) is 5.75 Å². The van der Waals surface area contributed by atoms with Gasteiger partial charge in [-0.3, -0.25) is 10.1 Å². The topological polar surface area (TPSA) is 106 Å². The van der Waals surface area contributed by atoms with Gasteiger partial charge < -0.3 is 14.5 Å². The maximum Gasteiger partial charge on any atom is 0.321 e. The quantitative estimate of drug-likeness (QED) is 0.851. The van der Waals surface area contributed by atoms with Gasteiger partial charge in [0.25, 0.3) is 5.91 Å². The van der Waals surface area contributed by atoms with Crippen LogP contribution in [0.3, 0.4) is 0 Å². The lowest BCUT2D eigenvalue weighted by molar-refractivity contribution is -0.126. The average molecular weight is 358 g/mol. The molecular weight excluding hydrogens is 336 g/mol. The zero-order valence-corrected chi connectivity index (χ0v) is 14.6. The second kappa shape index (κ2) is 8.46. The van der Waals surface area contributed by atoms with Gasteiger partial charge in [-0.15, -0.1) is 10.2 Å². The molecule has 0 saturated heterocycles. The maximum atomic E-state index is 12.1. The Labute approximate surface area is 151 Å². The first kappa shape index (κ1) is 17.9. The molecular formula is C18H22N4O4. The van der Waals surface area contributed by atoms with Gasteiger partial charge in [-0.25, -0.2) is 4.79 Å². The maximum absolute atomic E-state index is 12.1. The molecule has 1 aliphatic carbocycles. The molecule has 0 radical (unpaired) electrons. The van der Waals surface area contributed by atoms with Crippen LogP contribution in [0.25, 0.3) is 11.5 Å². The summed E-state index contributed by atoms with van der Waals surface area (Å²) in [4.78, 5) is 24.1. The predicted octanol–water partition coefficient (Wildman–Crippen LogP) is 2.66. The zero-order valence-electron chi connectivity index (χ0n) is 14.6. The molecule has 26 heavy (non-hydrogen) atoms. The Hall–Kier alpha value is -2.90. The van der Waals surface area contributed by atoms with E-state index in [2.05, 4.69) is 20.8 Å². The zero-order chi connectivity index (χ0) is 18.4. The summed E-state index contributed by atoms with van der Waals surface area (Å²) in [5.41, 5.74) is 0.749. The van der Waals surface area contributed by atoms with Crippen molar-refractivity contribution in [3.63, 3.8) is 0 Å². The van der Waals surface area contributed by atoms with Gasteiger partial charge in [-0.05, 0) is 44.0 Å². The number of hydrogen-bond donors (Lipinski definition) is 2. The lowest BCUT2D eigenvalue weighted by Gasteiger charge is -2.23. The highest BCUT2D eigenvalue weighted by Crippen LogP contribution is 2.21. The van der Waals surface area contributed by atoms with Crippen molar-refractivity contribution < 1.29 is 18.7 Å². The van der Waals surface area contributed by atoms with Crippen LogP contribution in [-0.2, 0) is 4.79 Å². The first-order valence-electron chi connectivity index (χ1n) is 8.76. The minimum Gasteiger partial charge on any atom is -0.481 e. The van der Waals surface area contributed by atoms with Crippen LogP contribution in [0.1, 0.15) is 39.0 Å². The molecule has 1 heterocycles. The highest BCUT2D eigenvalue weighted by Gasteiger charge is 2.20. The summed E-state index contributed by atoms with van der Waals surface area (Å²) in [6.07, 6.45) is 5.79. The van der Waals surface area contributed by atoms with Crippen molar-refractivity contribution in [1.82, 2.24) is 20.8 Å². The van der Waals surface area contributed by atoms with E-state index in [1.807, 2.05) is 0 Å². The molecule has 1 fully saturated rings. The van der Waals surface area contributed by atoms with Gasteiger partial charge in [0, 0.05) is 11.6 Å². The molecule has 3 rings (SSSR count). The molecule has 0 unspecified atom stereocenters. The molecule has 0 spiro atoms.